The summed E-state index contributed by atoms with van der Waals surface area (Å²) in [6.07, 6.45) is 0.185. The third kappa shape index (κ3) is 14.6. The van der Waals surface area contributed by atoms with Crippen molar-refractivity contribution in [1.82, 2.24) is 16.1 Å². The van der Waals surface area contributed by atoms with Crippen LogP contribution >= 0.6 is 0 Å². The molecule has 0 fully saturated rings. The van der Waals surface area contributed by atoms with Crippen LogP contribution in [0.1, 0.15) is 18.4 Å². The smallest absolute Gasteiger partial charge is 0.407 e. The standard InChI is InChI=1S/C18H29N3O11/c22-17(29-12-10-28-11-13-32-21(26)27)16(14-15-6-2-1-3-7-15)19-18(23)30-8-4-5-9-31-20(24)25/h1-3,6-7,16,24-27H,4-5,8-14H2,(H,19,23). The Balaban J connectivity index is 2.40. The topological polar surface area (TPSA) is 180 Å². The van der Waals surface area contributed by atoms with E-state index >= 15 is 0 Å². The lowest BCUT2D eigenvalue weighted by Crippen LogP contribution is -2.44. The first-order valence-electron chi connectivity index (χ1n) is 9.71. The number of unbranched alkanes of at least 4 members (excludes halogenated alkanes) is 1. The van der Waals surface area contributed by atoms with Crippen molar-refractivity contribution in [3.63, 3.8) is 0 Å². The maximum Gasteiger partial charge on any atom is 0.407 e. The number of rotatable bonds is 17. The molecule has 14 nitrogen and oxygen atoms in total. The number of alkyl carbamates (subject to hydrolysis) is 1. The summed E-state index contributed by atoms with van der Waals surface area (Å²) < 4.78 is 15.3. The van der Waals surface area contributed by atoms with Crippen LogP contribution in [-0.4, -0.2) is 89.4 Å². The van der Waals surface area contributed by atoms with Gasteiger partial charge in [0.15, 0.2) is 0 Å². The third-order valence-electron chi connectivity index (χ3n) is 3.74. The molecule has 0 saturated heterocycles. The summed E-state index contributed by atoms with van der Waals surface area (Å²) >= 11 is 0. The minimum Gasteiger partial charge on any atom is -0.462 e. The van der Waals surface area contributed by atoms with Crippen molar-refractivity contribution in [3.8, 4) is 0 Å². The summed E-state index contributed by atoms with van der Waals surface area (Å²) in [6.45, 7) is -0.0744. The number of ether oxygens (including phenoxy) is 3. The molecule has 0 spiro atoms. The number of carbonyl (C=O) groups excluding carboxylic acids is 2. The lowest BCUT2D eigenvalue weighted by atomic mass is 10.1. The second-order valence-corrected chi connectivity index (χ2v) is 6.18. The number of nitrogens with one attached hydrogen (secondary N) is 1. The number of carbonyl (C=O) groups is 2. The van der Waals surface area contributed by atoms with Crippen LogP contribution in [0.25, 0.3) is 0 Å². The Hall–Kier alpha value is -2.40. The van der Waals surface area contributed by atoms with E-state index in [-0.39, 0.29) is 46.1 Å². The molecule has 1 amide bonds. The third-order valence-corrected chi connectivity index (χ3v) is 3.74. The van der Waals surface area contributed by atoms with Crippen LogP contribution in [0.2, 0.25) is 0 Å². The molecule has 0 aliphatic carbocycles. The number of nitrogens with zero attached hydrogens (tertiary/aromatic N) is 2. The Morgan fingerprint density at radius 3 is 2.12 bits per heavy atom. The van der Waals surface area contributed by atoms with Gasteiger partial charge >= 0.3 is 12.1 Å². The van der Waals surface area contributed by atoms with Crippen molar-refractivity contribution in [2.75, 3.05) is 39.6 Å². The Labute approximate surface area is 184 Å². The number of amides is 1. The maximum atomic E-state index is 12.4. The summed E-state index contributed by atoms with van der Waals surface area (Å²) in [5.74, 6) is -0.679. The van der Waals surface area contributed by atoms with Crippen molar-refractivity contribution in [3.05, 3.63) is 35.9 Å². The van der Waals surface area contributed by atoms with Gasteiger partial charge in [-0.05, 0) is 18.4 Å². The molecule has 0 heterocycles. The predicted octanol–water partition coefficient (Wildman–Crippen LogP) is 0.688. The summed E-state index contributed by atoms with van der Waals surface area (Å²) in [5, 5.41) is 35.2. The van der Waals surface area contributed by atoms with Crippen molar-refractivity contribution in [2.24, 2.45) is 0 Å². The van der Waals surface area contributed by atoms with E-state index < -0.39 is 28.9 Å². The summed E-state index contributed by atoms with van der Waals surface area (Å²) in [4.78, 5) is 33.2. The first-order valence-corrected chi connectivity index (χ1v) is 9.71. The van der Waals surface area contributed by atoms with Crippen LogP contribution in [0.4, 0.5) is 4.79 Å². The zero-order valence-electron chi connectivity index (χ0n) is 17.4. The molecule has 1 unspecified atom stereocenters. The van der Waals surface area contributed by atoms with Gasteiger partial charge in [-0.2, -0.15) is 0 Å². The minimum atomic E-state index is -0.994. The highest BCUT2D eigenvalue weighted by Crippen LogP contribution is 2.06. The molecule has 1 aromatic carbocycles. The molecule has 32 heavy (non-hydrogen) atoms. The number of hydrogen-bond donors (Lipinski definition) is 5. The molecule has 5 N–H and O–H groups in total. The van der Waals surface area contributed by atoms with E-state index in [9.17, 15) is 9.59 Å². The van der Waals surface area contributed by atoms with Gasteiger partial charge in [-0.25, -0.2) is 14.4 Å². The van der Waals surface area contributed by atoms with E-state index in [0.29, 0.717) is 12.8 Å². The largest absolute Gasteiger partial charge is 0.462 e. The van der Waals surface area contributed by atoms with E-state index in [4.69, 9.17) is 35.0 Å². The second-order valence-electron chi connectivity index (χ2n) is 6.18. The van der Waals surface area contributed by atoms with Gasteiger partial charge in [0.05, 0.1) is 43.8 Å². The highest BCUT2D eigenvalue weighted by Gasteiger charge is 2.23. The van der Waals surface area contributed by atoms with E-state index in [1.807, 2.05) is 6.07 Å². The SMILES string of the molecule is O=C(NC(Cc1ccccc1)C(=O)OCCOCCON(O)O)OCCCCON(O)O. The number of benzene rings is 1. The summed E-state index contributed by atoms with van der Waals surface area (Å²) in [6, 6.07) is 8.03. The van der Waals surface area contributed by atoms with Gasteiger partial charge in [-0.3, -0.25) is 25.7 Å². The van der Waals surface area contributed by atoms with Crippen LogP contribution in [-0.2, 0) is 35.1 Å². The average Bonchev–Trinajstić information content (AvgIpc) is 2.75. The normalized spacial score (nSPS) is 12.1. The first kappa shape index (κ1) is 27.6. The molecule has 1 atom stereocenters. The molecule has 182 valence electrons. The molecule has 14 heteroatoms. The highest BCUT2D eigenvalue weighted by atomic mass is 17.1. The number of esters is 1. The molecular weight excluding hydrogens is 434 g/mol. The van der Waals surface area contributed by atoms with E-state index in [1.54, 1.807) is 24.3 Å². The lowest BCUT2D eigenvalue weighted by molar-refractivity contribution is -0.493. The molecular formula is C18H29N3O11. The Morgan fingerprint density at radius 1 is 0.812 bits per heavy atom. The van der Waals surface area contributed by atoms with Crippen molar-refractivity contribution < 1.29 is 54.3 Å². The van der Waals surface area contributed by atoms with Crippen molar-refractivity contribution >= 4 is 12.1 Å². The van der Waals surface area contributed by atoms with Crippen LogP contribution in [0.15, 0.2) is 30.3 Å². The molecule has 1 rings (SSSR count). The molecule has 0 radical (unpaired) electrons. The molecule has 0 aliphatic heterocycles. The van der Waals surface area contributed by atoms with Crippen LogP contribution in [0.3, 0.4) is 0 Å². The fourth-order valence-corrected chi connectivity index (χ4v) is 2.32. The summed E-state index contributed by atoms with van der Waals surface area (Å²) in [7, 11) is 0. The average molecular weight is 463 g/mol. The zero-order valence-corrected chi connectivity index (χ0v) is 17.4. The van der Waals surface area contributed by atoms with Crippen molar-refractivity contribution in [2.45, 2.75) is 25.3 Å². The van der Waals surface area contributed by atoms with Gasteiger partial charge < -0.3 is 19.5 Å². The molecule has 0 bridgehead atoms. The highest BCUT2D eigenvalue weighted by molar-refractivity contribution is 5.81. The zero-order chi connectivity index (χ0) is 23.6. The fourth-order valence-electron chi connectivity index (χ4n) is 2.32. The van der Waals surface area contributed by atoms with E-state index in [1.165, 1.54) is 0 Å². The molecule has 1 aromatic rings. The Morgan fingerprint density at radius 2 is 1.44 bits per heavy atom. The van der Waals surface area contributed by atoms with Crippen molar-refractivity contribution in [1.29, 1.82) is 0 Å². The van der Waals surface area contributed by atoms with Gasteiger partial charge in [0.2, 0.25) is 0 Å². The van der Waals surface area contributed by atoms with Crippen LogP contribution in [0, 0.1) is 0 Å². The van der Waals surface area contributed by atoms with E-state index in [0.717, 1.165) is 5.56 Å². The molecule has 0 aliphatic rings. The quantitative estimate of drug-likeness (QED) is 0.124. The molecule has 0 saturated carbocycles. The lowest BCUT2D eigenvalue weighted by Gasteiger charge is -2.18. The Kier molecular flexibility index (Phi) is 14.8. The summed E-state index contributed by atoms with van der Waals surface area (Å²) in [5.41, 5.74) is 0.801. The number of hydrogen-bond acceptors (Lipinski definition) is 13. The maximum absolute atomic E-state index is 12.4. The second kappa shape index (κ2) is 17.2. The van der Waals surface area contributed by atoms with Gasteiger partial charge in [0.25, 0.3) is 0 Å². The molecule has 0 aromatic heterocycles. The van der Waals surface area contributed by atoms with Gasteiger partial charge in [-0.1, -0.05) is 30.3 Å². The van der Waals surface area contributed by atoms with Crippen LogP contribution < -0.4 is 5.32 Å². The minimum absolute atomic E-state index is 0.0212. The predicted molar refractivity (Wildman–Crippen MR) is 102 cm³/mol. The Bertz CT molecular complexity index is 634. The first-order chi connectivity index (χ1) is 15.4. The fraction of sp³-hybridized carbons (Fsp3) is 0.556. The van der Waals surface area contributed by atoms with E-state index in [2.05, 4.69) is 15.0 Å². The van der Waals surface area contributed by atoms with Gasteiger partial charge in [0, 0.05) is 6.42 Å². The monoisotopic (exact) mass is 463 g/mol. The van der Waals surface area contributed by atoms with Crippen LogP contribution in [0.5, 0.6) is 0 Å². The van der Waals surface area contributed by atoms with Gasteiger partial charge in [-0.15, -0.1) is 0 Å². The van der Waals surface area contributed by atoms with Gasteiger partial charge in [0.1, 0.15) is 12.6 Å².